The zero-order chi connectivity index (χ0) is 18.4. The third kappa shape index (κ3) is 4.83. The average molecular weight is 380 g/mol. The van der Waals surface area contributed by atoms with Crippen molar-refractivity contribution in [2.45, 2.75) is 39.2 Å². The Morgan fingerprint density at radius 2 is 2.04 bits per heavy atom. The van der Waals surface area contributed by atoms with Gasteiger partial charge in [0, 0.05) is 0 Å². The van der Waals surface area contributed by atoms with E-state index in [4.69, 9.17) is 17.0 Å². The lowest BCUT2D eigenvalue weighted by molar-refractivity contribution is -0.145. The predicted octanol–water partition coefficient (Wildman–Crippen LogP) is 3.93. The molecule has 1 aliphatic heterocycles. The van der Waals surface area contributed by atoms with Crippen LogP contribution in [0.15, 0.2) is 29.2 Å². The third-order valence-corrected chi connectivity index (χ3v) is 5.07. The van der Waals surface area contributed by atoms with Gasteiger partial charge in [-0.15, -0.1) is 0 Å². The molecule has 2 rings (SSSR count). The van der Waals surface area contributed by atoms with Gasteiger partial charge in [-0.2, -0.15) is 0 Å². The summed E-state index contributed by atoms with van der Waals surface area (Å²) in [6, 6.07) is 6.46. The van der Waals surface area contributed by atoms with Gasteiger partial charge in [0.2, 0.25) is 0 Å². The normalized spacial score (nSPS) is 17.2. The first-order valence-corrected chi connectivity index (χ1v) is 9.43. The number of carbonyl (C=O) groups is 2. The lowest BCUT2D eigenvalue weighted by atomic mass is 10.1. The van der Waals surface area contributed by atoms with E-state index < -0.39 is 12.0 Å². The summed E-state index contributed by atoms with van der Waals surface area (Å²) in [5, 5.41) is 9.46. The van der Waals surface area contributed by atoms with Gasteiger partial charge in [0.25, 0.3) is 5.91 Å². The predicted molar refractivity (Wildman–Crippen MR) is 104 cm³/mol. The van der Waals surface area contributed by atoms with E-state index in [2.05, 4.69) is 0 Å². The van der Waals surface area contributed by atoms with Crippen molar-refractivity contribution >= 4 is 46.3 Å². The van der Waals surface area contributed by atoms with Crippen LogP contribution in [0.3, 0.4) is 0 Å². The first kappa shape index (κ1) is 19.5. The Morgan fingerprint density at radius 1 is 1.36 bits per heavy atom. The van der Waals surface area contributed by atoms with Gasteiger partial charge in [-0.3, -0.25) is 9.69 Å². The molecule has 0 saturated carbocycles. The highest BCUT2D eigenvalue weighted by molar-refractivity contribution is 8.26. The number of benzene rings is 1. The molecular formula is C18H21NO4S2. The SMILES string of the molecule is CCCCC(C(=O)O)N1C(=O)C(=Cc2ccc(OCC)cc2)SC1=S. The number of thiocarbonyl (C=S) groups is 1. The molecule has 1 unspecified atom stereocenters. The van der Waals surface area contributed by atoms with Crippen molar-refractivity contribution in [2.24, 2.45) is 0 Å². The van der Waals surface area contributed by atoms with Gasteiger partial charge >= 0.3 is 5.97 Å². The number of hydrogen-bond acceptors (Lipinski definition) is 5. The molecule has 7 heteroatoms. The van der Waals surface area contributed by atoms with Crippen LogP contribution in [0.1, 0.15) is 38.7 Å². The van der Waals surface area contributed by atoms with E-state index in [1.165, 1.54) is 4.90 Å². The standard InChI is InChI=1S/C18H21NO4S2/c1-3-5-6-14(17(21)22)19-16(20)15(25-18(19)24)11-12-7-9-13(10-8-12)23-4-2/h7-11,14H,3-6H2,1-2H3,(H,21,22). The lowest BCUT2D eigenvalue weighted by Gasteiger charge is -2.22. The van der Waals surface area contributed by atoms with Crippen LogP contribution in [0, 0.1) is 0 Å². The number of ether oxygens (including phenoxy) is 1. The molecule has 0 aliphatic carbocycles. The smallest absolute Gasteiger partial charge is 0.326 e. The highest BCUT2D eigenvalue weighted by atomic mass is 32.2. The van der Waals surface area contributed by atoms with E-state index >= 15 is 0 Å². The zero-order valence-corrected chi connectivity index (χ0v) is 15.9. The number of carboxylic acids is 1. The van der Waals surface area contributed by atoms with Gasteiger partial charge in [0.1, 0.15) is 16.1 Å². The van der Waals surface area contributed by atoms with Crippen molar-refractivity contribution in [2.75, 3.05) is 6.61 Å². The number of carbonyl (C=O) groups excluding carboxylic acids is 1. The number of hydrogen-bond donors (Lipinski definition) is 1. The molecule has 1 amide bonds. The first-order chi connectivity index (χ1) is 12.0. The molecule has 134 valence electrons. The van der Waals surface area contributed by atoms with Crippen LogP contribution in [0.5, 0.6) is 5.75 Å². The van der Waals surface area contributed by atoms with Crippen molar-refractivity contribution in [1.29, 1.82) is 0 Å². The Balaban J connectivity index is 2.20. The fourth-order valence-corrected chi connectivity index (χ4v) is 3.84. The second-order valence-corrected chi connectivity index (χ2v) is 7.23. The topological polar surface area (TPSA) is 66.8 Å². The quantitative estimate of drug-likeness (QED) is 0.545. The Hall–Kier alpha value is -1.86. The van der Waals surface area contributed by atoms with Crippen LogP contribution in [-0.2, 0) is 9.59 Å². The fraction of sp³-hybridized carbons (Fsp3) is 0.389. The molecule has 1 aromatic rings. The Labute approximate surface area is 157 Å². The Kier molecular flexibility index (Phi) is 7.01. The number of aliphatic carboxylic acids is 1. The van der Waals surface area contributed by atoms with Gasteiger partial charge in [-0.25, -0.2) is 4.79 Å². The summed E-state index contributed by atoms with van der Waals surface area (Å²) in [5.74, 6) is -0.600. The molecule has 0 bridgehead atoms. The first-order valence-electron chi connectivity index (χ1n) is 8.20. The van der Waals surface area contributed by atoms with Gasteiger partial charge in [0.05, 0.1) is 11.5 Å². The lowest BCUT2D eigenvalue weighted by Crippen LogP contribution is -2.43. The van der Waals surface area contributed by atoms with Crippen molar-refractivity contribution < 1.29 is 19.4 Å². The molecule has 1 heterocycles. The zero-order valence-electron chi connectivity index (χ0n) is 14.2. The largest absolute Gasteiger partial charge is 0.494 e. The summed E-state index contributed by atoms with van der Waals surface area (Å²) in [6.07, 6.45) is 3.72. The highest BCUT2D eigenvalue weighted by Crippen LogP contribution is 2.35. The second-order valence-electron chi connectivity index (χ2n) is 5.55. The van der Waals surface area contributed by atoms with Gasteiger partial charge in [-0.1, -0.05) is 55.9 Å². The molecule has 25 heavy (non-hydrogen) atoms. The number of unbranched alkanes of at least 4 members (excludes halogenated alkanes) is 1. The molecule has 0 spiro atoms. The van der Waals surface area contributed by atoms with E-state index in [0.717, 1.165) is 35.9 Å². The van der Waals surface area contributed by atoms with E-state index in [0.29, 0.717) is 22.3 Å². The Morgan fingerprint density at radius 3 is 2.60 bits per heavy atom. The molecule has 1 N–H and O–H groups in total. The van der Waals surface area contributed by atoms with Crippen LogP contribution >= 0.6 is 24.0 Å². The maximum Gasteiger partial charge on any atom is 0.326 e. The van der Waals surface area contributed by atoms with Crippen LogP contribution in [0.2, 0.25) is 0 Å². The van der Waals surface area contributed by atoms with Gasteiger partial charge in [-0.05, 0) is 37.1 Å². The van der Waals surface area contributed by atoms with Crippen molar-refractivity contribution in [1.82, 2.24) is 4.90 Å². The monoisotopic (exact) mass is 379 g/mol. The molecule has 1 aliphatic rings. The minimum atomic E-state index is -1.02. The summed E-state index contributed by atoms with van der Waals surface area (Å²) in [6.45, 7) is 4.48. The average Bonchev–Trinajstić information content (AvgIpc) is 2.84. The Bertz CT molecular complexity index is 685. The summed E-state index contributed by atoms with van der Waals surface area (Å²) < 4.78 is 5.69. The van der Waals surface area contributed by atoms with E-state index in [1.54, 1.807) is 6.08 Å². The fourth-order valence-electron chi connectivity index (χ4n) is 2.49. The second kappa shape index (κ2) is 9.01. The van der Waals surface area contributed by atoms with Crippen LogP contribution in [0.25, 0.3) is 6.08 Å². The maximum atomic E-state index is 12.7. The van der Waals surface area contributed by atoms with Crippen LogP contribution < -0.4 is 4.74 Å². The molecule has 1 aromatic carbocycles. The van der Waals surface area contributed by atoms with E-state index in [1.807, 2.05) is 38.1 Å². The number of carboxylic acid groups (broad SMARTS) is 1. The number of nitrogens with zero attached hydrogens (tertiary/aromatic N) is 1. The van der Waals surface area contributed by atoms with Gasteiger partial charge < -0.3 is 9.84 Å². The van der Waals surface area contributed by atoms with Crippen LogP contribution in [-0.4, -0.2) is 38.9 Å². The molecule has 1 fully saturated rings. The van der Waals surface area contributed by atoms with E-state index in [9.17, 15) is 14.7 Å². The number of amides is 1. The summed E-state index contributed by atoms with van der Waals surface area (Å²) in [5.41, 5.74) is 0.837. The molecule has 0 radical (unpaired) electrons. The van der Waals surface area contributed by atoms with Crippen molar-refractivity contribution in [3.63, 3.8) is 0 Å². The minimum absolute atomic E-state index is 0.297. The maximum absolute atomic E-state index is 12.7. The van der Waals surface area contributed by atoms with Crippen LogP contribution in [0.4, 0.5) is 0 Å². The highest BCUT2D eigenvalue weighted by Gasteiger charge is 2.40. The van der Waals surface area contributed by atoms with Crippen molar-refractivity contribution in [3.8, 4) is 5.75 Å². The van der Waals surface area contributed by atoms with E-state index in [-0.39, 0.29) is 5.91 Å². The third-order valence-electron chi connectivity index (χ3n) is 3.74. The summed E-state index contributed by atoms with van der Waals surface area (Å²) >= 11 is 6.40. The summed E-state index contributed by atoms with van der Waals surface area (Å²) in [7, 11) is 0. The molecule has 0 aromatic heterocycles. The summed E-state index contributed by atoms with van der Waals surface area (Å²) in [4.78, 5) is 25.9. The van der Waals surface area contributed by atoms with Gasteiger partial charge in [0.15, 0.2) is 0 Å². The molecule has 5 nitrogen and oxygen atoms in total. The van der Waals surface area contributed by atoms with Crippen molar-refractivity contribution in [3.05, 3.63) is 34.7 Å². The molecule has 1 atom stereocenters. The molecular weight excluding hydrogens is 358 g/mol. The number of rotatable bonds is 8. The minimum Gasteiger partial charge on any atom is -0.494 e. The molecule has 1 saturated heterocycles. The number of thioether (sulfide) groups is 1.